The topological polar surface area (TPSA) is 69.6 Å². The van der Waals surface area contributed by atoms with Crippen molar-refractivity contribution in [1.29, 1.82) is 0 Å². The molecule has 1 aromatic carbocycles. The molecule has 0 aliphatic carbocycles. The summed E-state index contributed by atoms with van der Waals surface area (Å²) in [5, 5.41) is 2.12. The van der Waals surface area contributed by atoms with Gasteiger partial charge in [-0.05, 0) is 36.5 Å². The molecule has 0 radical (unpaired) electrons. The minimum Gasteiger partial charge on any atom is -0.744 e. The summed E-state index contributed by atoms with van der Waals surface area (Å²) in [7, 11) is -4.37. The molecule has 0 atom stereocenters. The summed E-state index contributed by atoms with van der Waals surface area (Å²) in [6.07, 6.45) is 0. The van der Waals surface area contributed by atoms with Crippen molar-refractivity contribution in [3.05, 3.63) is 24.3 Å². The van der Waals surface area contributed by atoms with Crippen molar-refractivity contribution >= 4 is 33.2 Å². The molecule has 0 bridgehead atoms. The maximum absolute atomic E-state index is 10.5. The Hall–Kier alpha value is -0.0700. The maximum atomic E-state index is 10.5. The average Bonchev–Trinajstić information content (AvgIpc) is 2.04. The molecular weight excluding hydrogens is 233 g/mol. The molecule has 14 heavy (non-hydrogen) atoms. The number of benzene rings is 1. The van der Waals surface area contributed by atoms with E-state index >= 15 is 0 Å². The van der Waals surface area contributed by atoms with Crippen LogP contribution in [0.1, 0.15) is 0 Å². The molecule has 0 aromatic heterocycles. The summed E-state index contributed by atoms with van der Waals surface area (Å²) in [5.41, 5.74) is 0.461. The van der Waals surface area contributed by atoms with Crippen LogP contribution in [0.4, 0.5) is 5.69 Å². The fourth-order valence-electron chi connectivity index (χ4n) is 0.740. The molecule has 4 nitrogen and oxygen atoms in total. The predicted octanol–water partition coefficient (Wildman–Crippen LogP) is -1.67. The van der Waals surface area contributed by atoms with Crippen LogP contribution in [0.2, 0.25) is 0 Å². The zero-order chi connectivity index (χ0) is 9.90. The molecule has 0 amide bonds. The second-order valence-corrected chi connectivity index (χ2v) is 3.71. The summed E-state index contributed by atoms with van der Waals surface area (Å²) in [6.45, 7) is 0. The van der Waals surface area contributed by atoms with E-state index in [2.05, 4.69) is 22.4 Å². The third-order valence-corrected chi connectivity index (χ3v) is 2.24. The summed E-state index contributed by atoms with van der Waals surface area (Å²) < 4.78 is 31.4. The quantitative estimate of drug-likeness (QED) is 0.267. The first-order valence-electron chi connectivity index (χ1n) is 3.18. The molecule has 0 spiro atoms. The summed E-state index contributed by atoms with van der Waals surface area (Å²) in [5.74, 6) is 0. The number of isothiocyanates is 1. The Morgan fingerprint density at radius 1 is 1.29 bits per heavy atom. The third kappa shape index (κ3) is 3.98. The van der Waals surface area contributed by atoms with Crippen LogP contribution >= 0.6 is 12.2 Å². The Balaban J connectivity index is 0.00000169. The van der Waals surface area contributed by atoms with Crippen LogP contribution in [0.25, 0.3) is 0 Å². The second-order valence-electron chi connectivity index (χ2n) is 2.15. The Labute approximate surface area is 109 Å². The van der Waals surface area contributed by atoms with Gasteiger partial charge in [-0.1, -0.05) is 0 Å². The van der Waals surface area contributed by atoms with Crippen molar-refractivity contribution in [1.82, 2.24) is 0 Å². The fraction of sp³-hybridized carbons (Fsp3) is 0. The monoisotopic (exact) mass is 237 g/mol. The van der Waals surface area contributed by atoms with Crippen molar-refractivity contribution < 1.29 is 42.5 Å². The molecule has 0 N–H and O–H groups in total. The molecule has 0 heterocycles. The van der Waals surface area contributed by atoms with E-state index < -0.39 is 10.1 Å². The number of hydrogen-bond acceptors (Lipinski definition) is 5. The van der Waals surface area contributed by atoms with Gasteiger partial charge in [0, 0.05) is 0 Å². The molecular formula is C7H4NNaO3S2. The van der Waals surface area contributed by atoms with Crippen LogP contribution in [0.3, 0.4) is 0 Å². The standard InChI is InChI=1S/C7H5NO3S2.Na/c9-13(10,11)7-3-1-6(2-4-7)8-5-12;/h1-4H,(H,9,10,11);/q;+1/p-1. The molecule has 0 fully saturated rings. The van der Waals surface area contributed by atoms with E-state index in [4.69, 9.17) is 0 Å². The van der Waals surface area contributed by atoms with E-state index in [1.54, 1.807) is 0 Å². The molecule has 0 saturated carbocycles. The first-order valence-corrected chi connectivity index (χ1v) is 4.99. The van der Waals surface area contributed by atoms with Crippen LogP contribution < -0.4 is 29.6 Å². The van der Waals surface area contributed by atoms with E-state index in [0.717, 1.165) is 0 Å². The van der Waals surface area contributed by atoms with E-state index in [1.807, 2.05) is 0 Å². The van der Waals surface area contributed by atoms with Gasteiger partial charge in [0.25, 0.3) is 0 Å². The number of aliphatic imine (C=N–C) groups is 1. The predicted molar refractivity (Wildman–Crippen MR) is 49.1 cm³/mol. The number of hydrogen-bond donors (Lipinski definition) is 0. The minimum atomic E-state index is -4.37. The molecule has 0 aliphatic heterocycles. The van der Waals surface area contributed by atoms with Crippen molar-refractivity contribution in [2.45, 2.75) is 4.90 Å². The fourth-order valence-corrected chi connectivity index (χ4v) is 1.31. The Morgan fingerprint density at radius 2 is 1.79 bits per heavy atom. The van der Waals surface area contributed by atoms with Gasteiger partial charge in [0.15, 0.2) is 0 Å². The number of nitrogens with zero attached hydrogens (tertiary/aromatic N) is 1. The largest absolute Gasteiger partial charge is 1.00 e. The van der Waals surface area contributed by atoms with Gasteiger partial charge in [-0.25, -0.2) is 8.42 Å². The van der Waals surface area contributed by atoms with E-state index in [1.165, 1.54) is 24.3 Å². The normalized spacial score (nSPS) is 9.79. The molecule has 0 aliphatic rings. The van der Waals surface area contributed by atoms with E-state index in [0.29, 0.717) is 5.69 Å². The van der Waals surface area contributed by atoms with Gasteiger partial charge in [-0.15, -0.1) is 0 Å². The summed E-state index contributed by atoms with van der Waals surface area (Å²) in [6, 6.07) is 5.11. The number of thiocarbonyl (C=S) groups is 1. The van der Waals surface area contributed by atoms with Crippen LogP contribution in [0, 0.1) is 0 Å². The van der Waals surface area contributed by atoms with Crippen molar-refractivity contribution in [2.24, 2.45) is 4.99 Å². The van der Waals surface area contributed by atoms with Crippen molar-refractivity contribution in [2.75, 3.05) is 0 Å². The van der Waals surface area contributed by atoms with Gasteiger partial charge in [0.05, 0.1) is 15.7 Å². The first-order chi connectivity index (χ1) is 6.04. The first kappa shape index (κ1) is 13.9. The molecule has 0 saturated heterocycles. The van der Waals surface area contributed by atoms with Crippen LogP contribution in [-0.2, 0) is 10.1 Å². The molecule has 7 heteroatoms. The molecule has 1 aromatic rings. The zero-order valence-electron chi connectivity index (χ0n) is 7.30. The molecule has 0 unspecified atom stereocenters. The van der Waals surface area contributed by atoms with Gasteiger partial charge >= 0.3 is 29.6 Å². The smallest absolute Gasteiger partial charge is 0.744 e. The van der Waals surface area contributed by atoms with Crippen LogP contribution in [-0.4, -0.2) is 18.1 Å². The SMILES string of the molecule is O=S(=O)([O-])c1ccc(N=C=S)cc1.[Na+]. The van der Waals surface area contributed by atoms with Gasteiger partial charge in [-0.3, -0.25) is 0 Å². The average molecular weight is 237 g/mol. The number of rotatable bonds is 2. The van der Waals surface area contributed by atoms with Crippen molar-refractivity contribution in [3.8, 4) is 0 Å². The second kappa shape index (κ2) is 5.72. The third-order valence-electron chi connectivity index (χ3n) is 1.30. The minimum absolute atomic E-state index is 0. The van der Waals surface area contributed by atoms with E-state index in [-0.39, 0.29) is 34.5 Å². The maximum Gasteiger partial charge on any atom is 1.00 e. The molecule has 68 valence electrons. The Bertz CT molecular complexity index is 448. The Kier molecular flexibility index (Phi) is 5.70. The van der Waals surface area contributed by atoms with Crippen LogP contribution in [0.5, 0.6) is 0 Å². The van der Waals surface area contributed by atoms with Crippen LogP contribution in [0.15, 0.2) is 34.2 Å². The molecule has 1 rings (SSSR count). The summed E-state index contributed by atoms with van der Waals surface area (Å²) in [4.78, 5) is 3.32. The van der Waals surface area contributed by atoms with Gasteiger partial charge in [-0.2, -0.15) is 4.99 Å². The summed E-state index contributed by atoms with van der Waals surface area (Å²) >= 11 is 4.34. The van der Waals surface area contributed by atoms with Crippen molar-refractivity contribution in [3.63, 3.8) is 0 Å². The zero-order valence-corrected chi connectivity index (χ0v) is 10.9. The van der Waals surface area contributed by atoms with Gasteiger partial charge in [0.2, 0.25) is 0 Å². The van der Waals surface area contributed by atoms with E-state index in [9.17, 15) is 13.0 Å². The van der Waals surface area contributed by atoms with Gasteiger partial charge in [0.1, 0.15) is 10.1 Å². The Morgan fingerprint density at radius 3 is 2.14 bits per heavy atom. The van der Waals surface area contributed by atoms with Gasteiger partial charge < -0.3 is 4.55 Å².